The van der Waals surface area contributed by atoms with E-state index in [9.17, 15) is 19.8 Å². The fourth-order valence-corrected chi connectivity index (χ4v) is 3.89. The number of hydrogen-bond acceptors (Lipinski definition) is 7. The molecule has 10 heteroatoms. The molecule has 9 nitrogen and oxygen atoms in total. The highest BCUT2D eigenvalue weighted by molar-refractivity contribution is 6.77. The number of aliphatic hydroxyl groups excluding tert-OH is 2. The topological polar surface area (TPSA) is 123 Å². The zero-order valence-electron chi connectivity index (χ0n) is 14.8. The van der Waals surface area contributed by atoms with Gasteiger partial charge in [-0.05, 0) is 6.92 Å². The predicted molar refractivity (Wildman–Crippen MR) is 92.0 cm³/mol. The summed E-state index contributed by atoms with van der Waals surface area (Å²) in [6, 6.07) is 1.18. The number of hydrogen-bond donors (Lipinski definition) is 3. The quantitative estimate of drug-likeness (QED) is 0.431. The summed E-state index contributed by atoms with van der Waals surface area (Å²) in [6.45, 7) is 8.02. The molecule has 142 valence electrons. The minimum Gasteiger partial charge on any atom is -0.394 e. The number of rotatable bonds is 7. The zero-order valence-corrected chi connectivity index (χ0v) is 15.8. The molecule has 3 N–H and O–H groups in total. The van der Waals surface area contributed by atoms with E-state index < -0.39 is 56.4 Å². The van der Waals surface area contributed by atoms with E-state index in [0.717, 1.165) is 4.57 Å². The summed E-state index contributed by atoms with van der Waals surface area (Å²) >= 11 is 0. The number of aromatic nitrogens is 2. The third kappa shape index (κ3) is 4.46. The van der Waals surface area contributed by atoms with Crippen LogP contribution in [0.3, 0.4) is 0 Å². The number of aromatic amines is 1. The number of ether oxygens (including phenoxy) is 3. The Morgan fingerprint density at radius 3 is 2.60 bits per heavy atom. The average Bonchev–Trinajstić information content (AvgIpc) is 2.82. The van der Waals surface area contributed by atoms with Gasteiger partial charge in [-0.25, -0.2) is 4.79 Å². The Labute approximate surface area is 146 Å². The Balaban J connectivity index is 2.36. The molecule has 1 fully saturated rings. The largest absolute Gasteiger partial charge is 0.394 e. The number of H-pyrrole nitrogens is 1. The molecule has 0 aromatic carbocycles. The molecule has 1 aromatic heterocycles. The van der Waals surface area contributed by atoms with E-state index in [0.29, 0.717) is 6.61 Å². The SMILES string of the molecule is CCOC(O[C@@H]1[C@H](O)[C@@H](CO)O[C@H]1n1ccc(=O)[nH]c1=O)[Si](C)(C)C. The van der Waals surface area contributed by atoms with E-state index in [1.54, 1.807) is 0 Å². The van der Waals surface area contributed by atoms with Gasteiger partial charge in [0.25, 0.3) is 5.56 Å². The third-order valence-electron chi connectivity index (χ3n) is 3.92. The van der Waals surface area contributed by atoms with Gasteiger partial charge in [-0.2, -0.15) is 0 Å². The van der Waals surface area contributed by atoms with E-state index in [-0.39, 0.29) is 0 Å². The molecule has 0 saturated carbocycles. The van der Waals surface area contributed by atoms with E-state index in [2.05, 4.69) is 24.6 Å². The summed E-state index contributed by atoms with van der Waals surface area (Å²) in [6.07, 6.45) is -2.69. The van der Waals surface area contributed by atoms with Crippen LogP contribution >= 0.6 is 0 Å². The van der Waals surface area contributed by atoms with Gasteiger partial charge in [0.15, 0.2) is 6.23 Å². The molecule has 1 unspecified atom stereocenters. The van der Waals surface area contributed by atoms with Crippen LogP contribution in [0.2, 0.25) is 19.6 Å². The second kappa shape index (κ2) is 7.93. The van der Waals surface area contributed by atoms with Crippen molar-refractivity contribution >= 4 is 8.07 Å². The van der Waals surface area contributed by atoms with Crippen LogP contribution in [0.25, 0.3) is 0 Å². The molecule has 0 aliphatic carbocycles. The van der Waals surface area contributed by atoms with Gasteiger partial charge in [0.05, 0.1) is 6.61 Å². The molecule has 5 atom stereocenters. The average molecular weight is 374 g/mol. The summed E-state index contributed by atoms with van der Waals surface area (Å²) in [5, 5.41) is 19.9. The molecule has 2 heterocycles. The predicted octanol–water partition coefficient (Wildman–Crippen LogP) is -0.588. The summed E-state index contributed by atoms with van der Waals surface area (Å²) in [5.74, 6) is -0.529. The first-order valence-electron chi connectivity index (χ1n) is 8.22. The smallest absolute Gasteiger partial charge is 0.330 e. The van der Waals surface area contributed by atoms with E-state index >= 15 is 0 Å². The standard InChI is InChI=1S/C15H26N2O7Si/c1-5-22-15(25(2,3)4)24-12-11(20)9(8-18)23-13(12)17-7-6-10(19)16-14(17)21/h6-7,9,11-13,15,18,20H,5,8H2,1-4H3,(H,16,19,21)/t9-,11-,12-,13-,15?/m1/s1. The third-order valence-corrected chi connectivity index (χ3v) is 5.64. The number of nitrogens with zero attached hydrogens (tertiary/aromatic N) is 1. The summed E-state index contributed by atoms with van der Waals surface area (Å²) in [5.41, 5.74) is -1.22. The zero-order chi connectivity index (χ0) is 18.8. The Bertz CT molecular complexity index is 683. The lowest BCUT2D eigenvalue weighted by atomic mass is 10.1. The summed E-state index contributed by atoms with van der Waals surface area (Å²) in [7, 11) is -1.91. The minimum atomic E-state index is -1.91. The van der Waals surface area contributed by atoms with E-state index in [4.69, 9.17) is 14.2 Å². The normalized spacial score (nSPS) is 28.2. The van der Waals surface area contributed by atoms with Crippen LogP contribution in [0.5, 0.6) is 0 Å². The molecule has 0 spiro atoms. The minimum absolute atomic E-state index is 0.429. The van der Waals surface area contributed by atoms with Crippen LogP contribution < -0.4 is 11.2 Å². The molecule has 1 aliphatic heterocycles. The molecule has 25 heavy (non-hydrogen) atoms. The van der Waals surface area contributed by atoms with Gasteiger partial charge in [0, 0.05) is 18.9 Å². The first-order valence-corrected chi connectivity index (χ1v) is 11.8. The molecular formula is C15H26N2O7Si. The Kier molecular flexibility index (Phi) is 6.35. The van der Waals surface area contributed by atoms with Gasteiger partial charge in [-0.3, -0.25) is 14.3 Å². The van der Waals surface area contributed by atoms with Crippen molar-refractivity contribution in [2.75, 3.05) is 13.2 Å². The number of aliphatic hydroxyl groups is 2. The van der Waals surface area contributed by atoms with Crippen molar-refractivity contribution < 1.29 is 24.4 Å². The van der Waals surface area contributed by atoms with Crippen molar-refractivity contribution in [3.63, 3.8) is 0 Å². The Hall–Kier alpha value is -1.30. The highest BCUT2D eigenvalue weighted by atomic mass is 28.3. The summed E-state index contributed by atoms with van der Waals surface area (Å²) < 4.78 is 18.4. The van der Waals surface area contributed by atoms with Gasteiger partial charge in [-0.1, -0.05) is 19.6 Å². The van der Waals surface area contributed by atoms with E-state index in [1.165, 1.54) is 12.3 Å². The maximum Gasteiger partial charge on any atom is 0.330 e. The van der Waals surface area contributed by atoms with Crippen molar-refractivity contribution in [3.8, 4) is 0 Å². The van der Waals surface area contributed by atoms with Gasteiger partial charge in [0.2, 0.25) is 0 Å². The molecule has 0 radical (unpaired) electrons. The van der Waals surface area contributed by atoms with Gasteiger partial charge in [0.1, 0.15) is 32.3 Å². The fourth-order valence-electron chi connectivity index (χ4n) is 2.66. The lowest BCUT2D eigenvalue weighted by molar-refractivity contribution is -0.166. The van der Waals surface area contributed by atoms with Crippen molar-refractivity contribution in [1.29, 1.82) is 0 Å². The molecule has 0 amide bonds. The molecule has 1 aromatic rings. The van der Waals surface area contributed by atoms with Gasteiger partial charge < -0.3 is 24.4 Å². The van der Waals surface area contributed by atoms with Gasteiger partial charge >= 0.3 is 5.69 Å². The van der Waals surface area contributed by atoms with Crippen molar-refractivity contribution in [3.05, 3.63) is 33.1 Å². The first-order chi connectivity index (χ1) is 11.7. The molecular weight excluding hydrogens is 348 g/mol. The van der Waals surface area contributed by atoms with Crippen LogP contribution in [-0.4, -0.2) is 65.3 Å². The van der Waals surface area contributed by atoms with Crippen molar-refractivity contribution in [2.45, 2.75) is 57.0 Å². The molecule has 1 saturated heterocycles. The molecule has 2 rings (SSSR count). The fraction of sp³-hybridized carbons (Fsp3) is 0.733. The highest BCUT2D eigenvalue weighted by Gasteiger charge is 2.48. The van der Waals surface area contributed by atoms with Crippen LogP contribution in [0.1, 0.15) is 13.2 Å². The molecule has 0 bridgehead atoms. The van der Waals surface area contributed by atoms with Crippen LogP contribution in [0.15, 0.2) is 21.9 Å². The Morgan fingerprint density at radius 1 is 1.40 bits per heavy atom. The number of nitrogens with one attached hydrogen (secondary N) is 1. The van der Waals surface area contributed by atoms with Crippen LogP contribution in [-0.2, 0) is 14.2 Å². The lowest BCUT2D eigenvalue weighted by Gasteiger charge is -2.33. The van der Waals surface area contributed by atoms with Crippen LogP contribution in [0, 0.1) is 0 Å². The Morgan fingerprint density at radius 2 is 2.08 bits per heavy atom. The maximum absolute atomic E-state index is 12.1. The summed E-state index contributed by atoms with van der Waals surface area (Å²) in [4.78, 5) is 25.5. The van der Waals surface area contributed by atoms with E-state index in [1.807, 2.05) is 6.92 Å². The van der Waals surface area contributed by atoms with Crippen LogP contribution in [0.4, 0.5) is 0 Å². The van der Waals surface area contributed by atoms with Crippen molar-refractivity contribution in [1.82, 2.24) is 9.55 Å². The van der Waals surface area contributed by atoms with Crippen molar-refractivity contribution in [2.24, 2.45) is 0 Å². The highest BCUT2D eigenvalue weighted by Crippen LogP contribution is 2.33. The maximum atomic E-state index is 12.1. The second-order valence-corrected chi connectivity index (χ2v) is 12.2. The lowest BCUT2D eigenvalue weighted by Crippen LogP contribution is -2.49. The monoisotopic (exact) mass is 374 g/mol. The molecule has 1 aliphatic rings. The first kappa shape index (κ1) is 20.0. The second-order valence-electron chi connectivity index (χ2n) is 7.01. The van der Waals surface area contributed by atoms with Gasteiger partial charge in [-0.15, -0.1) is 0 Å².